The van der Waals surface area contributed by atoms with Crippen LogP contribution >= 0.6 is 15.9 Å². The molecule has 0 atom stereocenters. The lowest BCUT2D eigenvalue weighted by atomic mass is 10.0. The largest absolute Gasteiger partial charge is 0.496 e. The van der Waals surface area contributed by atoms with Crippen LogP contribution < -0.4 is 4.74 Å². The topological polar surface area (TPSA) is 38.7 Å². The number of halogens is 1. The zero-order chi connectivity index (χ0) is 10.1. The SMILES string of the molecule is COc1cc(Br)cc2c1CC(=O)N=C2. The van der Waals surface area contributed by atoms with E-state index in [0.717, 1.165) is 21.3 Å². The summed E-state index contributed by atoms with van der Waals surface area (Å²) >= 11 is 3.37. The van der Waals surface area contributed by atoms with E-state index in [1.54, 1.807) is 13.3 Å². The molecule has 1 aromatic carbocycles. The van der Waals surface area contributed by atoms with Gasteiger partial charge in [0.25, 0.3) is 0 Å². The Morgan fingerprint density at radius 2 is 2.29 bits per heavy atom. The molecule has 0 N–H and O–H groups in total. The lowest BCUT2D eigenvalue weighted by Crippen LogP contribution is -2.10. The first-order chi connectivity index (χ1) is 6.70. The Balaban J connectivity index is 2.60. The lowest BCUT2D eigenvalue weighted by Gasteiger charge is -2.13. The van der Waals surface area contributed by atoms with E-state index in [1.165, 1.54) is 0 Å². The van der Waals surface area contributed by atoms with Gasteiger partial charge in [0.05, 0.1) is 13.5 Å². The van der Waals surface area contributed by atoms with Crippen LogP contribution in [0.5, 0.6) is 5.75 Å². The second-order valence-electron chi connectivity index (χ2n) is 3.00. The lowest BCUT2D eigenvalue weighted by molar-refractivity contribution is -0.117. The zero-order valence-electron chi connectivity index (χ0n) is 7.58. The fourth-order valence-corrected chi connectivity index (χ4v) is 1.91. The van der Waals surface area contributed by atoms with Gasteiger partial charge in [0.1, 0.15) is 5.75 Å². The van der Waals surface area contributed by atoms with Gasteiger partial charge in [-0.25, -0.2) is 4.99 Å². The molecule has 1 aliphatic heterocycles. The van der Waals surface area contributed by atoms with Gasteiger partial charge in [0, 0.05) is 21.8 Å². The molecule has 0 unspecified atom stereocenters. The van der Waals surface area contributed by atoms with Crippen molar-refractivity contribution in [2.24, 2.45) is 4.99 Å². The number of carbonyl (C=O) groups excluding carboxylic acids is 1. The Morgan fingerprint density at radius 1 is 1.50 bits per heavy atom. The molecule has 2 rings (SSSR count). The van der Waals surface area contributed by atoms with Crippen molar-refractivity contribution < 1.29 is 9.53 Å². The smallest absolute Gasteiger partial charge is 0.250 e. The van der Waals surface area contributed by atoms with Crippen LogP contribution in [0.15, 0.2) is 21.6 Å². The minimum atomic E-state index is -0.127. The average Bonchev–Trinajstić information content (AvgIpc) is 2.17. The molecule has 0 saturated heterocycles. The molecular weight excluding hydrogens is 246 g/mol. The predicted octanol–water partition coefficient (Wildman–Crippen LogP) is 1.96. The summed E-state index contributed by atoms with van der Waals surface area (Å²) in [5.41, 5.74) is 1.85. The summed E-state index contributed by atoms with van der Waals surface area (Å²) in [6.45, 7) is 0. The third-order valence-electron chi connectivity index (χ3n) is 2.10. The van der Waals surface area contributed by atoms with Crippen LogP contribution in [0.3, 0.4) is 0 Å². The zero-order valence-corrected chi connectivity index (χ0v) is 9.17. The van der Waals surface area contributed by atoms with E-state index in [9.17, 15) is 4.79 Å². The number of rotatable bonds is 1. The van der Waals surface area contributed by atoms with Crippen molar-refractivity contribution in [1.29, 1.82) is 0 Å². The van der Waals surface area contributed by atoms with Crippen LogP contribution in [0.2, 0.25) is 0 Å². The van der Waals surface area contributed by atoms with Gasteiger partial charge in [-0.1, -0.05) is 15.9 Å². The van der Waals surface area contributed by atoms with Gasteiger partial charge >= 0.3 is 0 Å². The fourth-order valence-electron chi connectivity index (χ4n) is 1.46. The van der Waals surface area contributed by atoms with Gasteiger partial charge in [-0.05, 0) is 12.1 Å². The second kappa shape index (κ2) is 3.53. The van der Waals surface area contributed by atoms with Gasteiger partial charge in [0.15, 0.2) is 0 Å². The van der Waals surface area contributed by atoms with Crippen molar-refractivity contribution in [3.8, 4) is 5.75 Å². The van der Waals surface area contributed by atoms with E-state index in [4.69, 9.17) is 4.74 Å². The van der Waals surface area contributed by atoms with Crippen molar-refractivity contribution in [2.45, 2.75) is 6.42 Å². The number of amides is 1. The minimum Gasteiger partial charge on any atom is -0.496 e. The standard InChI is InChI=1S/C10H8BrNO2/c1-14-9-3-7(11)2-6-5-12-10(13)4-8(6)9/h2-3,5H,4H2,1H3. The Hall–Kier alpha value is -1.16. The van der Waals surface area contributed by atoms with Crippen LogP contribution in [-0.2, 0) is 11.2 Å². The molecule has 0 saturated carbocycles. The van der Waals surface area contributed by atoms with Gasteiger partial charge in [-0.15, -0.1) is 0 Å². The molecule has 4 heteroatoms. The number of fused-ring (bicyclic) bond motifs is 1. The highest BCUT2D eigenvalue weighted by Crippen LogP contribution is 2.29. The normalized spacial score (nSPS) is 14.0. The van der Waals surface area contributed by atoms with Crippen LogP contribution in [0.1, 0.15) is 11.1 Å². The highest BCUT2D eigenvalue weighted by molar-refractivity contribution is 9.10. The van der Waals surface area contributed by atoms with Crippen molar-refractivity contribution in [2.75, 3.05) is 7.11 Å². The molecule has 1 aromatic rings. The molecular formula is C10H8BrNO2. The van der Waals surface area contributed by atoms with Gasteiger partial charge in [-0.2, -0.15) is 0 Å². The van der Waals surface area contributed by atoms with Crippen molar-refractivity contribution in [1.82, 2.24) is 0 Å². The number of ether oxygens (including phenoxy) is 1. The molecule has 3 nitrogen and oxygen atoms in total. The molecule has 1 amide bonds. The quantitative estimate of drug-likeness (QED) is 0.768. The molecule has 0 aromatic heterocycles. The first kappa shape index (κ1) is 9.40. The number of aliphatic imine (C=N–C) groups is 1. The van der Waals surface area contributed by atoms with Crippen molar-refractivity contribution >= 4 is 28.1 Å². The average molecular weight is 254 g/mol. The number of methoxy groups -OCH3 is 1. The first-order valence-electron chi connectivity index (χ1n) is 4.14. The molecule has 0 aliphatic carbocycles. The van der Waals surface area contributed by atoms with E-state index in [-0.39, 0.29) is 5.91 Å². The van der Waals surface area contributed by atoms with Crippen LogP contribution in [-0.4, -0.2) is 19.2 Å². The second-order valence-corrected chi connectivity index (χ2v) is 3.92. The van der Waals surface area contributed by atoms with Crippen molar-refractivity contribution in [3.05, 3.63) is 27.7 Å². The third kappa shape index (κ3) is 1.57. The molecule has 0 radical (unpaired) electrons. The molecule has 0 fully saturated rings. The number of benzene rings is 1. The molecule has 72 valence electrons. The summed E-state index contributed by atoms with van der Waals surface area (Å²) in [5, 5.41) is 0. The van der Waals surface area contributed by atoms with Gasteiger partial charge in [0.2, 0.25) is 5.91 Å². The number of nitrogens with zero attached hydrogens (tertiary/aromatic N) is 1. The fraction of sp³-hybridized carbons (Fsp3) is 0.200. The maximum atomic E-state index is 11.1. The summed E-state index contributed by atoms with van der Waals surface area (Å²) in [6.07, 6.45) is 1.90. The maximum Gasteiger partial charge on any atom is 0.250 e. The molecule has 0 spiro atoms. The highest BCUT2D eigenvalue weighted by atomic mass is 79.9. The summed E-state index contributed by atoms with van der Waals surface area (Å²) in [7, 11) is 1.60. The first-order valence-corrected chi connectivity index (χ1v) is 4.93. The summed E-state index contributed by atoms with van der Waals surface area (Å²) in [4.78, 5) is 14.9. The van der Waals surface area contributed by atoms with E-state index < -0.39 is 0 Å². The van der Waals surface area contributed by atoms with Crippen LogP contribution in [0, 0.1) is 0 Å². The number of hydrogen-bond donors (Lipinski definition) is 0. The summed E-state index contributed by atoms with van der Waals surface area (Å²) in [6, 6.07) is 3.78. The minimum absolute atomic E-state index is 0.127. The Kier molecular flexibility index (Phi) is 2.37. The number of carbonyl (C=O) groups is 1. The van der Waals surface area contributed by atoms with E-state index in [1.807, 2.05) is 12.1 Å². The Bertz CT molecular complexity index is 426. The maximum absolute atomic E-state index is 11.1. The Morgan fingerprint density at radius 3 is 3.00 bits per heavy atom. The van der Waals surface area contributed by atoms with Gasteiger partial charge < -0.3 is 4.74 Å². The molecule has 14 heavy (non-hydrogen) atoms. The summed E-state index contributed by atoms with van der Waals surface area (Å²) in [5.74, 6) is 0.604. The van der Waals surface area contributed by atoms with E-state index in [0.29, 0.717) is 6.42 Å². The monoisotopic (exact) mass is 253 g/mol. The number of hydrogen-bond acceptors (Lipinski definition) is 2. The van der Waals surface area contributed by atoms with E-state index in [2.05, 4.69) is 20.9 Å². The highest BCUT2D eigenvalue weighted by Gasteiger charge is 2.16. The van der Waals surface area contributed by atoms with Crippen molar-refractivity contribution in [3.63, 3.8) is 0 Å². The third-order valence-corrected chi connectivity index (χ3v) is 2.56. The van der Waals surface area contributed by atoms with E-state index >= 15 is 0 Å². The predicted molar refractivity (Wildman–Crippen MR) is 57.0 cm³/mol. The Labute approximate surface area is 89.9 Å². The van der Waals surface area contributed by atoms with Gasteiger partial charge in [-0.3, -0.25) is 4.79 Å². The molecule has 1 aliphatic rings. The molecule has 1 heterocycles. The summed E-state index contributed by atoms with van der Waals surface area (Å²) < 4.78 is 6.12. The van der Waals surface area contributed by atoms with Crippen LogP contribution in [0.4, 0.5) is 0 Å². The van der Waals surface area contributed by atoms with Crippen LogP contribution in [0.25, 0.3) is 0 Å². The molecule has 0 bridgehead atoms.